The van der Waals surface area contributed by atoms with E-state index in [0.29, 0.717) is 0 Å². The fourth-order valence-corrected chi connectivity index (χ4v) is 0. The van der Waals surface area contributed by atoms with Crippen LogP contribution < -0.4 is 64.2 Å². The Labute approximate surface area is 94.8 Å². The summed E-state index contributed by atoms with van der Waals surface area (Å²) in [5.41, 5.74) is 0. The third-order valence-corrected chi connectivity index (χ3v) is 0. The van der Waals surface area contributed by atoms with E-state index in [2.05, 4.69) is 0 Å². The molecule has 6 nitrogen and oxygen atoms in total. The standard InChI is InChI=1S/CH2O3.HNO2.2Na/c2-1(3)4;2-1-3;;/h(H2,2,3,4);(H,2,3);;/q;;2*+1/p-2. The molecule has 0 aromatic carbocycles. The summed E-state index contributed by atoms with van der Waals surface area (Å²) in [7, 11) is 0. The Morgan fingerprint density at radius 2 is 1.44 bits per heavy atom. The number of hydrogen-bond donors (Lipinski definition) is 1. The second kappa shape index (κ2) is 23.4. The molecule has 0 amide bonds. The van der Waals surface area contributed by atoms with Gasteiger partial charge in [-0.15, -0.1) is 5.34 Å². The van der Waals surface area contributed by atoms with Gasteiger partial charge < -0.3 is 25.1 Å². The molecular weight excluding hydrogens is 152 g/mol. The Hall–Kier alpha value is 0.670. The van der Waals surface area contributed by atoms with Crippen molar-refractivity contribution in [2.75, 3.05) is 0 Å². The van der Waals surface area contributed by atoms with Gasteiger partial charge in [0.2, 0.25) is 6.16 Å². The summed E-state index contributed by atoms with van der Waals surface area (Å²) in [6.45, 7) is 0. The first kappa shape index (κ1) is 22.6. The van der Waals surface area contributed by atoms with Crippen LogP contribution in [0.4, 0.5) is 4.79 Å². The average molecular weight is 153 g/mol. The first-order valence-corrected chi connectivity index (χ1v) is 0.997. The van der Waals surface area contributed by atoms with Gasteiger partial charge in [0.15, 0.2) is 0 Å². The van der Waals surface area contributed by atoms with Crippen LogP contribution in [0.15, 0.2) is 5.34 Å². The van der Waals surface area contributed by atoms with Crippen molar-refractivity contribution in [2.45, 2.75) is 0 Å². The second-order valence-corrected chi connectivity index (χ2v) is 0.340. The second-order valence-electron chi connectivity index (χ2n) is 0.340. The van der Waals surface area contributed by atoms with Gasteiger partial charge >= 0.3 is 59.1 Å². The van der Waals surface area contributed by atoms with E-state index in [9.17, 15) is 0 Å². The zero-order valence-electron chi connectivity index (χ0n) is 5.03. The summed E-state index contributed by atoms with van der Waals surface area (Å²) in [6, 6.07) is 0. The van der Waals surface area contributed by atoms with Crippen LogP contribution in [0.25, 0.3) is 0 Å². The van der Waals surface area contributed by atoms with Crippen molar-refractivity contribution in [1.82, 2.24) is 0 Å². The third kappa shape index (κ3) is 859. The van der Waals surface area contributed by atoms with E-state index in [4.69, 9.17) is 25.1 Å². The van der Waals surface area contributed by atoms with Crippen LogP contribution in [-0.4, -0.2) is 11.3 Å². The maximum atomic E-state index is 8.44. The number of nitrogens with zero attached hydrogens (tertiary/aromatic N) is 1. The van der Waals surface area contributed by atoms with Crippen LogP contribution in [-0.2, 0) is 0 Å². The van der Waals surface area contributed by atoms with E-state index in [1.165, 1.54) is 0 Å². The molecule has 9 heavy (non-hydrogen) atoms. The molecule has 0 aliphatic rings. The largest absolute Gasteiger partial charge is 1.00 e. The first-order chi connectivity index (χ1) is 3.15. The molecule has 0 saturated carbocycles. The van der Waals surface area contributed by atoms with E-state index in [0.717, 1.165) is 5.34 Å². The monoisotopic (exact) mass is 153 g/mol. The molecule has 0 radical (unpaired) electrons. The van der Waals surface area contributed by atoms with Crippen molar-refractivity contribution >= 4 is 6.16 Å². The summed E-state index contributed by atoms with van der Waals surface area (Å²) in [4.78, 5) is 16.4. The van der Waals surface area contributed by atoms with Crippen LogP contribution >= 0.6 is 0 Å². The topological polar surface area (TPSA) is 113 Å². The minimum atomic E-state index is -2.08. The molecule has 0 rings (SSSR count). The molecule has 0 atom stereocenters. The Morgan fingerprint density at radius 3 is 1.44 bits per heavy atom. The predicted octanol–water partition coefficient (Wildman–Crippen LogP) is -6.85. The smallest absolute Gasteiger partial charge is 0.565 e. The molecule has 0 aliphatic carbocycles. The summed E-state index contributed by atoms with van der Waals surface area (Å²) in [5, 5.41) is 24.3. The Morgan fingerprint density at radius 1 is 1.44 bits per heavy atom. The Bertz CT molecular complexity index is 62.0. The summed E-state index contributed by atoms with van der Waals surface area (Å²) < 4.78 is 0. The summed E-state index contributed by atoms with van der Waals surface area (Å²) in [5.74, 6) is 0. The third-order valence-electron chi connectivity index (χ3n) is 0. The van der Waals surface area contributed by atoms with Crippen molar-refractivity contribution in [2.24, 2.45) is 5.34 Å². The molecule has 1 N–H and O–H groups in total. The van der Waals surface area contributed by atoms with Crippen molar-refractivity contribution in [3.05, 3.63) is 10.1 Å². The van der Waals surface area contributed by atoms with Crippen LogP contribution in [0, 0.1) is 10.1 Å². The van der Waals surface area contributed by atoms with Gasteiger partial charge in [-0.3, -0.25) is 0 Å². The van der Waals surface area contributed by atoms with Crippen LogP contribution in [0.3, 0.4) is 0 Å². The average Bonchev–Trinajstić information content (AvgIpc) is 1.33. The molecule has 8 heteroatoms. The van der Waals surface area contributed by atoms with Gasteiger partial charge in [-0.05, 0) is 0 Å². The van der Waals surface area contributed by atoms with Gasteiger partial charge in [0.25, 0.3) is 0 Å². The number of hydrogen-bond acceptors (Lipinski definition) is 5. The Kier molecular flexibility index (Phi) is 58.8. The molecule has 0 aliphatic heterocycles. The Balaban J connectivity index is -0.0000000233. The van der Waals surface area contributed by atoms with Crippen LogP contribution in [0.1, 0.15) is 0 Å². The number of carbonyl (C=O) groups is 1. The molecule has 0 bridgehead atoms. The molecule has 0 aromatic rings. The van der Waals surface area contributed by atoms with Gasteiger partial charge in [-0.1, -0.05) is 0 Å². The molecule has 0 fully saturated rings. The van der Waals surface area contributed by atoms with Gasteiger partial charge in [0.1, 0.15) is 0 Å². The van der Waals surface area contributed by atoms with Crippen molar-refractivity contribution in [3.63, 3.8) is 0 Å². The van der Waals surface area contributed by atoms with Gasteiger partial charge in [0, 0.05) is 0 Å². The van der Waals surface area contributed by atoms with E-state index < -0.39 is 6.16 Å². The molecular formula is CHNNa2O5. The molecule has 0 aromatic heterocycles. The zero-order valence-corrected chi connectivity index (χ0v) is 9.03. The summed E-state index contributed by atoms with van der Waals surface area (Å²) in [6.07, 6.45) is -2.08. The van der Waals surface area contributed by atoms with E-state index >= 15 is 0 Å². The quantitative estimate of drug-likeness (QED) is 0.211. The fourth-order valence-electron chi connectivity index (χ4n) is 0. The first-order valence-electron chi connectivity index (χ1n) is 0.997. The maximum absolute atomic E-state index is 8.44. The molecule has 42 valence electrons. The van der Waals surface area contributed by atoms with Crippen LogP contribution in [0.2, 0.25) is 0 Å². The van der Waals surface area contributed by atoms with E-state index in [1.54, 1.807) is 0 Å². The van der Waals surface area contributed by atoms with Gasteiger partial charge in [-0.25, -0.2) is 0 Å². The van der Waals surface area contributed by atoms with Crippen molar-refractivity contribution in [1.29, 1.82) is 0 Å². The minimum absolute atomic E-state index is 0. The van der Waals surface area contributed by atoms with E-state index in [1.807, 2.05) is 0 Å². The molecule has 0 unspecified atom stereocenters. The van der Waals surface area contributed by atoms with Gasteiger partial charge in [-0.2, -0.15) is 0 Å². The minimum Gasteiger partial charge on any atom is -0.565 e. The van der Waals surface area contributed by atoms with E-state index in [-0.39, 0.29) is 59.1 Å². The number of carboxylic acid groups (broad SMARTS) is 2. The zero-order chi connectivity index (χ0) is 6.28. The van der Waals surface area contributed by atoms with Crippen molar-refractivity contribution < 1.29 is 74.1 Å². The van der Waals surface area contributed by atoms with Crippen molar-refractivity contribution in [3.8, 4) is 0 Å². The summed E-state index contributed by atoms with van der Waals surface area (Å²) >= 11 is 0. The normalized spacial score (nSPS) is 4.00. The maximum Gasteiger partial charge on any atom is 1.00 e. The molecule has 0 spiro atoms. The fraction of sp³-hybridized carbons (Fsp3) is 0. The predicted molar refractivity (Wildman–Crippen MR) is 17.2 cm³/mol. The molecule has 0 heterocycles. The van der Waals surface area contributed by atoms with Crippen LogP contribution in [0.5, 0.6) is 0 Å². The number of rotatable bonds is 0. The SMILES string of the molecule is O=C([O-])O.O=N[O-].[Na+].[Na+]. The molecule has 0 saturated heterocycles. The van der Waals surface area contributed by atoms with Gasteiger partial charge in [0.05, 0.1) is 0 Å².